The molecule has 3 nitrogen and oxygen atoms in total. The maximum atomic E-state index is 14.5. The van der Waals surface area contributed by atoms with Gasteiger partial charge in [0.25, 0.3) is 0 Å². The minimum Gasteiger partial charge on any atom is -0.490 e. The van der Waals surface area contributed by atoms with Crippen molar-refractivity contribution in [1.82, 2.24) is 4.98 Å². The first kappa shape index (κ1) is 15.0. The summed E-state index contributed by atoms with van der Waals surface area (Å²) in [6, 6.07) is 13.8. The molecule has 4 heteroatoms. The van der Waals surface area contributed by atoms with Gasteiger partial charge in [-0.25, -0.2) is 4.39 Å². The van der Waals surface area contributed by atoms with Crippen molar-refractivity contribution in [3.63, 3.8) is 0 Å². The van der Waals surface area contributed by atoms with Gasteiger partial charge in [-0.2, -0.15) is 5.26 Å². The van der Waals surface area contributed by atoms with Gasteiger partial charge in [-0.3, -0.25) is 4.98 Å². The Hall–Kier alpha value is -2.93. The molecular formula is C19H15FN2O. The Kier molecular flexibility index (Phi) is 3.94. The Labute approximate surface area is 134 Å². The van der Waals surface area contributed by atoms with Crippen molar-refractivity contribution in [2.45, 2.75) is 20.0 Å². The minimum absolute atomic E-state index is 0.0710. The van der Waals surface area contributed by atoms with Gasteiger partial charge in [0.2, 0.25) is 0 Å². The molecule has 3 aromatic rings. The van der Waals surface area contributed by atoms with E-state index in [4.69, 9.17) is 10.00 Å². The molecule has 0 amide bonds. The smallest absolute Gasteiger partial charge is 0.134 e. The molecule has 0 atom stereocenters. The van der Waals surface area contributed by atoms with Crippen LogP contribution in [0.5, 0.6) is 5.75 Å². The molecule has 1 aromatic heterocycles. The number of ether oxygens (including phenoxy) is 1. The van der Waals surface area contributed by atoms with Gasteiger partial charge < -0.3 is 4.74 Å². The lowest BCUT2D eigenvalue weighted by molar-refractivity contribution is 0.242. The highest BCUT2D eigenvalue weighted by Crippen LogP contribution is 2.37. The summed E-state index contributed by atoms with van der Waals surface area (Å²) >= 11 is 0. The number of pyridine rings is 1. The number of nitriles is 1. The molecule has 23 heavy (non-hydrogen) atoms. The third-order valence-electron chi connectivity index (χ3n) is 3.48. The summed E-state index contributed by atoms with van der Waals surface area (Å²) in [5.41, 5.74) is 2.28. The first-order chi connectivity index (χ1) is 11.1. The number of nitrogens with zero attached hydrogens (tertiary/aromatic N) is 2. The van der Waals surface area contributed by atoms with Gasteiger partial charge in [0.15, 0.2) is 0 Å². The molecule has 0 unspecified atom stereocenters. The van der Waals surface area contributed by atoms with Crippen molar-refractivity contribution < 1.29 is 9.13 Å². The number of halogens is 1. The number of rotatable bonds is 3. The number of aromatic nitrogens is 1. The molecule has 0 saturated carbocycles. The summed E-state index contributed by atoms with van der Waals surface area (Å²) in [4.78, 5) is 4.29. The first-order valence-electron chi connectivity index (χ1n) is 7.34. The number of hydrogen-bond acceptors (Lipinski definition) is 3. The van der Waals surface area contributed by atoms with E-state index in [1.165, 1.54) is 6.07 Å². The molecule has 0 bridgehead atoms. The van der Waals surface area contributed by atoms with E-state index in [-0.39, 0.29) is 11.9 Å². The standard InChI is InChI=1S/C19H15FN2O/c1-12(2)23-18-5-3-4-16(20)19(18)14-8-9-22-17-7-6-13(11-21)10-15(14)17/h3-10,12H,1-2H3. The zero-order valence-electron chi connectivity index (χ0n) is 12.9. The molecule has 0 N–H and O–H groups in total. The molecule has 2 aromatic carbocycles. The van der Waals surface area contributed by atoms with Gasteiger partial charge in [0, 0.05) is 11.6 Å². The zero-order valence-corrected chi connectivity index (χ0v) is 12.9. The van der Waals surface area contributed by atoms with E-state index in [9.17, 15) is 4.39 Å². The highest BCUT2D eigenvalue weighted by molar-refractivity contribution is 5.96. The normalized spacial score (nSPS) is 10.7. The summed E-state index contributed by atoms with van der Waals surface area (Å²) in [7, 11) is 0. The third kappa shape index (κ3) is 2.86. The second-order valence-corrected chi connectivity index (χ2v) is 5.48. The predicted molar refractivity (Wildman–Crippen MR) is 87.6 cm³/mol. The Morgan fingerprint density at radius 2 is 2.00 bits per heavy atom. The monoisotopic (exact) mass is 306 g/mol. The minimum atomic E-state index is -0.363. The van der Waals surface area contributed by atoms with Crippen LogP contribution in [0.4, 0.5) is 4.39 Å². The van der Waals surface area contributed by atoms with Crippen LogP contribution in [0.1, 0.15) is 19.4 Å². The molecule has 0 spiro atoms. The van der Waals surface area contributed by atoms with E-state index < -0.39 is 0 Å². The second-order valence-electron chi connectivity index (χ2n) is 5.48. The molecule has 0 aliphatic rings. The molecule has 114 valence electrons. The van der Waals surface area contributed by atoms with E-state index in [1.54, 1.807) is 42.6 Å². The lowest BCUT2D eigenvalue weighted by Crippen LogP contribution is -2.07. The van der Waals surface area contributed by atoms with Crippen LogP contribution in [0.3, 0.4) is 0 Å². The van der Waals surface area contributed by atoms with Crippen LogP contribution in [-0.2, 0) is 0 Å². The molecule has 0 aliphatic carbocycles. The fourth-order valence-corrected chi connectivity index (χ4v) is 2.55. The van der Waals surface area contributed by atoms with Gasteiger partial charge in [-0.1, -0.05) is 6.07 Å². The lowest BCUT2D eigenvalue weighted by Gasteiger charge is -2.16. The van der Waals surface area contributed by atoms with E-state index >= 15 is 0 Å². The van der Waals surface area contributed by atoms with Crippen LogP contribution >= 0.6 is 0 Å². The molecular weight excluding hydrogens is 291 g/mol. The van der Waals surface area contributed by atoms with Crippen molar-refractivity contribution in [1.29, 1.82) is 5.26 Å². The molecule has 0 aliphatic heterocycles. The van der Waals surface area contributed by atoms with Gasteiger partial charge in [-0.15, -0.1) is 0 Å². The van der Waals surface area contributed by atoms with Crippen molar-refractivity contribution in [3.8, 4) is 22.9 Å². The van der Waals surface area contributed by atoms with Gasteiger partial charge in [-0.05, 0) is 55.8 Å². The van der Waals surface area contributed by atoms with Gasteiger partial charge in [0.1, 0.15) is 11.6 Å². The fourth-order valence-electron chi connectivity index (χ4n) is 2.55. The lowest BCUT2D eigenvalue weighted by atomic mass is 9.98. The Balaban J connectivity index is 2.31. The molecule has 0 radical (unpaired) electrons. The average Bonchev–Trinajstić information content (AvgIpc) is 2.54. The van der Waals surface area contributed by atoms with Crippen LogP contribution in [-0.4, -0.2) is 11.1 Å². The summed E-state index contributed by atoms with van der Waals surface area (Å²) in [5.74, 6) is 0.118. The van der Waals surface area contributed by atoms with Gasteiger partial charge in [0.05, 0.1) is 28.8 Å². The topological polar surface area (TPSA) is 45.9 Å². The summed E-state index contributed by atoms with van der Waals surface area (Å²) in [6.07, 6.45) is 1.56. The first-order valence-corrected chi connectivity index (χ1v) is 7.34. The summed E-state index contributed by atoms with van der Waals surface area (Å²) in [6.45, 7) is 3.79. The summed E-state index contributed by atoms with van der Waals surface area (Å²) in [5, 5.41) is 9.84. The molecule has 1 heterocycles. The quantitative estimate of drug-likeness (QED) is 0.704. The number of hydrogen-bond donors (Lipinski definition) is 0. The third-order valence-corrected chi connectivity index (χ3v) is 3.48. The Bertz CT molecular complexity index is 913. The SMILES string of the molecule is CC(C)Oc1cccc(F)c1-c1ccnc2ccc(C#N)cc12. The van der Waals surface area contributed by atoms with E-state index in [0.29, 0.717) is 28.0 Å². The average molecular weight is 306 g/mol. The highest BCUT2D eigenvalue weighted by Gasteiger charge is 2.16. The van der Waals surface area contributed by atoms with E-state index in [0.717, 1.165) is 5.39 Å². The van der Waals surface area contributed by atoms with Crippen LogP contribution in [0.15, 0.2) is 48.7 Å². The highest BCUT2D eigenvalue weighted by atomic mass is 19.1. The molecule has 3 rings (SSSR count). The fraction of sp³-hybridized carbons (Fsp3) is 0.158. The van der Waals surface area contributed by atoms with Crippen LogP contribution in [0.2, 0.25) is 0 Å². The summed E-state index contributed by atoms with van der Waals surface area (Å²) < 4.78 is 20.3. The molecule has 0 fully saturated rings. The zero-order chi connectivity index (χ0) is 16.4. The predicted octanol–water partition coefficient (Wildman–Crippen LogP) is 4.70. The second kappa shape index (κ2) is 6.05. The Morgan fingerprint density at radius 3 is 2.74 bits per heavy atom. The van der Waals surface area contributed by atoms with Crippen molar-refractivity contribution in [2.24, 2.45) is 0 Å². The number of benzene rings is 2. The van der Waals surface area contributed by atoms with Crippen LogP contribution in [0, 0.1) is 17.1 Å². The van der Waals surface area contributed by atoms with E-state index in [2.05, 4.69) is 11.1 Å². The Morgan fingerprint density at radius 1 is 1.17 bits per heavy atom. The maximum absolute atomic E-state index is 14.5. The maximum Gasteiger partial charge on any atom is 0.134 e. The number of fused-ring (bicyclic) bond motifs is 1. The van der Waals surface area contributed by atoms with Crippen molar-refractivity contribution in [3.05, 3.63) is 60.0 Å². The van der Waals surface area contributed by atoms with E-state index in [1.807, 2.05) is 13.8 Å². The van der Waals surface area contributed by atoms with Crippen LogP contribution < -0.4 is 4.74 Å². The van der Waals surface area contributed by atoms with Crippen molar-refractivity contribution in [2.75, 3.05) is 0 Å². The van der Waals surface area contributed by atoms with Crippen molar-refractivity contribution >= 4 is 10.9 Å². The van der Waals surface area contributed by atoms with Gasteiger partial charge >= 0.3 is 0 Å². The van der Waals surface area contributed by atoms with Crippen LogP contribution in [0.25, 0.3) is 22.0 Å². The largest absolute Gasteiger partial charge is 0.490 e. The molecule has 0 saturated heterocycles.